The average Bonchev–Trinajstić information content (AvgIpc) is 2.81. The first-order valence-corrected chi connectivity index (χ1v) is 6.26. The number of halogens is 1. The third-order valence-electron chi connectivity index (χ3n) is 2.33. The van der Waals surface area contributed by atoms with Crippen LogP contribution in [0.2, 0.25) is 5.28 Å². The molecule has 0 fully saturated rings. The maximum atomic E-state index is 5.77. The van der Waals surface area contributed by atoms with E-state index in [4.69, 9.17) is 21.1 Å². The van der Waals surface area contributed by atoms with Gasteiger partial charge in [0, 0.05) is 6.61 Å². The highest BCUT2D eigenvalue weighted by Crippen LogP contribution is 2.20. The molecule has 2 aromatic heterocycles. The number of H-pyrrole nitrogens is 1. The summed E-state index contributed by atoms with van der Waals surface area (Å²) in [5.41, 5.74) is 1.14. The molecule has 0 saturated heterocycles. The summed E-state index contributed by atoms with van der Waals surface area (Å²) in [5, 5.41) is 0.122. The molecule has 18 heavy (non-hydrogen) atoms. The number of aromatic amines is 1. The highest BCUT2D eigenvalue weighted by molar-refractivity contribution is 6.28. The maximum Gasteiger partial charge on any atom is 0.244 e. The first-order chi connectivity index (χ1) is 8.81. The lowest BCUT2D eigenvalue weighted by atomic mass is 10.4. The second-order valence-electron chi connectivity index (χ2n) is 3.71. The van der Waals surface area contributed by atoms with Crippen molar-refractivity contribution in [2.75, 3.05) is 19.8 Å². The quantitative estimate of drug-likeness (QED) is 0.617. The highest BCUT2D eigenvalue weighted by Gasteiger charge is 2.09. The molecule has 98 valence electrons. The van der Waals surface area contributed by atoms with Gasteiger partial charge in [-0.25, -0.2) is 4.98 Å². The van der Waals surface area contributed by atoms with E-state index in [1.165, 1.54) is 6.33 Å². The number of rotatable bonds is 7. The lowest BCUT2D eigenvalue weighted by molar-refractivity contribution is 0.0970. The molecule has 0 atom stereocenters. The lowest BCUT2D eigenvalue weighted by Crippen LogP contribution is -2.08. The van der Waals surface area contributed by atoms with Gasteiger partial charge in [0.05, 0.1) is 12.9 Å². The van der Waals surface area contributed by atoms with E-state index in [1.807, 2.05) is 0 Å². The van der Waals surface area contributed by atoms with Crippen LogP contribution in [-0.2, 0) is 4.74 Å². The minimum Gasteiger partial charge on any atom is -0.474 e. The summed E-state index contributed by atoms with van der Waals surface area (Å²) in [6.45, 7) is 3.82. The topological polar surface area (TPSA) is 72.9 Å². The van der Waals surface area contributed by atoms with Crippen LogP contribution in [0.25, 0.3) is 11.2 Å². The van der Waals surface area contributed by atoms with Crippen LogP contribution in [0.1, 0.15) is 19.8 Å². The fraction of sp³-hybridized carbons (Fsp3) is 0.545. The van der Waals surface area contributed by atoms with Gasteiger partial charge in [-0.05, 0) is 18.0 Å². The van der Waals surface area contributed by atoms with Crippen LogP contribution >= 0.6 is 11.6 Å². The maximum absolute atomic E-state index is 5.77. The van der Waals surface area contributed by atoms with Gasteiger partial charge in [-0.3, -0.25) is 0 Å². The van der Waals surface area contributed by atoms with E-state index < -0.39 is 0 Å². The van der Waals surface area contributed by atoms with Gasteiger partial charge in [0.2, 0.25) is 11.2 Å². The molecule has 2 aromatic rings. The van der Waals surface area contributed by atoms with E-state index >= 15 is 0 Å². The van der Waals surface area contributed by atoms with Crippen molar-refractivity contribution in [3.63, 3.8) is 0 Å². The number of nitrogens with zero attached hydrogens (tertiary/aromatic N) is 3. The molecule has 6 nitrogen and oxygen atoms in total. The van der Waals surface area contributed by atoms with Gasteiger partial charge < -0.3 is 14.5 Å². The molecule has 0 saturated carbocycles. The summed E-state index contributed by atoms with van der Waals surface area (Å²) < 4.78 is 10.9. The molecule has 0 amide bonds. The van der Waals surface area contributed by atoms with Crippen molar-refractivity contribution < 1.29 is 9.47 Å². The lowest BCUT2D eigenvalue weighted by Gasteiger charge is -2.06. The highest BCUT2D eigenvalue weighted by atomic mass is 35.5. The van der Waals surface area contributed by atoms with Gasteiger partial charge in [0.1, 0.15) is 12.1 Å². The fourth-order valence-electron chi connectivity index (χ4n) is 1.43. The Bertz CT molecular complexity index is 503. The standard InChI is InChI=1S/C11H15ClN4O2/c1-2-3-4-17-5-6-18-10-8-9(14-7-13-8)15-11(12)16-10/h7H,2-6H2,1H3,(H,13,14,15,16). The van der Waals surface area contributed by atoms with Crippen molar-refractivity contribution in [3.05, 3.63) is 11.6 Å². The van der Waals surface area contributed by atoms with Gasteiger partial charge in [-0.15, -0.1) is 0 Å². The van der Waals surface area contributed by atoms with Crippen LogP contribution < -0.4 is 4.74 Å². The first-order valence-electron chi connectivity index (χ1n) is 5.88. The second-order valence-corrected chi connectivity index (χ2v) is 4.05. The molecule has 0 unspecified atom stereocenters. The van der Waals surface area contributed by atoms with Crippen molar-refractivity contribution in [2.45, 2.75) is 19.8 Å². The van der Waals surface area contributed by atoms with Crippen molar-refractivity contribution in [2.24, 2.45) is 0 Å². The Kier molecular flexibility index (Phi) is 4.72. The molecule has 0 aliphatic carbocycles. The van der Waals surface area contributed by atoms with E-state index in [0.29, 0.717) is 30.3 Å². The van der Waals surface area contributed by atoms with Crippen LogP contribution in [0.3, 0.4) is 0 Å². The zero-order chi connectivity index (χ0) is 12.8. The molecule has 1 N–H and O–H groups in total. The number of fused-ring (bicyclic) bond motifs is 1. The SMILES string of the molecule is CCCCOCCOc1nc(Cl)nc2nc[nH]c12. The summed E-state index contributed by atoms with van der Waals surface area (Å²) >= 11 is 5.77. The molecule has 7 heteroatoms. The second kappa shape index (κ2) is 6.51. The molecular weight excluding hydrogens is 256 g/mol. The van der Waals surface area contributed by atoms with E-state index in [2.05, 4.69) is 26.9 Å². The van der Waals surface area contributed by atoms with Crippen LogP contribution in [0, 0.1) is 0 Å². The first kappa shape index (κ1) is 13.0. The molecule has 0 spiro atoms. The number of nitrogens with one attached hydrogen (secondary N) is 1. The number of ether oxygens (including phenoxy) is 2. The van der Waals surface area contributed by atoms with Crippen LogP contribution in [0.5, 0.6) is 5.88 Å². The average molecular weight is 271 g/mol. The van der Waals surface area contributed by atoms with E-state index in [0.717, 1.165) is 19.4 Å². The predicted molar refractivity (Wildman–Crippen MR) is 67.9 cm³/mol. The van der Waals surface area contributed by atoms with Gasteiger partial charge in [-0.2, -0.15) is 9.97 Å². The Hall–Kier alpha value is -1.40. The van der Waals surface area contributed by atoms with E-state index in [-0.39, 0.29) is 5.28 Å². The normalized spacial score (nSPS) is 11.0. The van der Waals surface area contributed by atoms with Crippen molar-refractivity contribution >= 4 is 22.8 Å². The smallest absolute Gasteiger partial charge is 0.244 e. The molecule has 0 radical (unpaired) electrons. The molecule has 2 rings (SSSR count). The van der Waals surface area contributed by atoms with Crippen molar-refractivity contribution in [1.82, 2.24) is 19.9 Å². The molecule has 2 heterocycles. The van der Waals surface area contributed by atoms with E-state index in [1.54, 1.807) is 0 Å². The summed E-state index contributed by atoms with van der Waals surface area (Å²) in [5.74, 6) is 0.404. The summed E-state index contributed by atoms with van der Waals surface area (Å²) in [6, 6.07) is 0. The van der Waals surface area contributed by atoms with E-state index in [9.17, 15) is 0 Å². The number of imidazole rings is 1. The summed E-state index contributed by atoms with van der Waals surface area (Å²) in [6.07, 6.45) is 3.71. The number of aromatic nitrogens is 4. The van der Waals surface area contributed by atoms with Crippen LogP contribution in [0.4, 0.5) is 0 Å². The largest absolute Gasteiger partial charge is 0.474 e. The molecular formula is C11H15ClN4O2. The molecule has 0 aliphatic heterocycles. The Morgan fingerprint density at radius 1 is 1.28 bits per heavy atom. The third kappa shape index (κ3) is 3.30. The van der Waals surface area contributed by atoms with Crippen molar-refractivity contribution in [1.29, 1.82) is 0 Å². The minimum absolute atomic E-state index is 0.122. The van der Waals surface area contributed by atoms with Gasteiger partial charge in [0.25, 0.3) is 0 Å². The molecule has 0 bridgehead atoms. The van der Waals surface area contributed by atoms with Crippen molar-refractivity contribution in [3.8, 4) is 5.88 Å². The predicted octanol–water partition coefficient (Wildman–Crippen LogP) is 2.20. The van der Waals surface area contributed by atoms with Crippen LogP contribution in [-0.4, -0.2) is 39.8 Å². The Balaban J connectivity index is 1.89. The summed E-state index contributed by atoms with van der Waals surface area (Å²) in [7, 11) is 0. The molecule has 0 aliphatic rings. The zero-order valence-electron chi connectivity index (χ0n) is 10.1. The Morgan fingerprint density at radius 2 is 2.17 bits per heavy atom. The Morgan fingerprint density at radius 3 is 3.00 bits per heavy atom. The monoisotopic (exact) mass is 270 g/mol. The number of hydrogen-bond acceptors (Lipinski definition) is 5. The number of hydrogen-bond donors (Lipinski definition) is 1. The number of unbranched alkanes of at least 4 members (excludes halogenated alkanes) is 1. The summed E-state index contributed by atoms with van der Waals surface area (Å²) in [4.78, 5) is 14.9. The Labute approximate surface area is 110 Å². The van der Waals surface area contributed by atoms with Gasteiger partial charge in [-0.1, -0.05) is 13.3 Å². The van der Waals surface area contributed by atoms with Gasteiger partial charge >= 0.3 is 0 Å². The molecule has 0 aromatic carbocycles. The fourth-order valence-corrected chi connectivity index (χ4v) is 1.59. The minimum atomic E-state index is 0.122. The van der Waals surface area contributed by atoms with Crippen LogP contribution in [0.15, 0.2) is 6.33 Å². The zero-order valence-corrected chi connectivity index (χ0v) is 10.9. The van der Waals surface area contributed by atoms with Gasteiger partial charge in [0.15, 0.2) is 5.65 Å². The third-order valence-corrected chi connectivity index (χ3v) is 2.50.